The van der Waals surface area contributed by atoms with Gasteiger partial charge in [0.05, 0.1) is 17.2 Å². The molecule has 0 amide bonds. The zero-order valence-corrected chi connectivity index (χ0v) is 8.51. The van der Waals surface area contributed by atoms with Crippen LogP contribution in [0.4, 0.5) is 4.39 Å². The number of furan rings is 1. The fraction of sp³-hybridized carbons (Fsp3) is 0. The molecule has 0 aliphatic rings. The maximum absolute atomic E-state index is 13.3. The first-order valence-corrected chi connectivity index (χ1v) is 4.89. The molecule has 3 rings (SSSR count). The monoisotopic (exact) mass is 231 g/mol. The standard InChI is InChI=1S/C12H6FNO3/c13-8-5-6-16-10(8)11-14-9-4-2-1-3-7(9)12(15)17-11/h1-6H. The van der Waals surface area contributed by atoms with Crippen LogP contribution in [0.15, 0.2) is 50.2 Å². The highest BCUT2D eigenvalue weighted by atomic mass is 19.1. The molecule has 3 aromatic rings. The van der Waals surface area contributed by atoms with Gasteiger partial charge in [0.2, 0.25) is 5.76 Å². The average molecular weight is 231 g/mol. The summed E-state index contributed by atoms with van der Waals surface area (Å²) in [5, 5.41) is 0.350. The molecule has 0 saturated carbocycles. The van der Waals surface area contributed by atoms with Gasteiger partial charge in [-0.25, -0.2) is 14.2 Å². The van der Waals surface area contributed by atoms with Gasteiger partial charge in [-0.2, -0.15) is 0 Å². The minimum Gasteiger partial charge on any atom is -0.456 e. The summed E-state index contributed by atoms with van der Waals surface area (Å²) in [7, 11) is 0. The van der Waals surface area contributed by atoms with Gasteiger partial charge in [-0.05, 0) is 12.1 Å². The van der Waals surface area contributed by atoms with Gasteiger partial charge in [0.15, 0.2) is 5.82 Å². The first kappa shape index (κ1) is 9.77. The number of nitrogens with zero attached hydrogens (tertiary/aromatic N) is 1. The van der Waals surface area contributed by atoms with Gasteiger partial charge in [-0.1, -0.05) is 12.1 Å². The first-order valence-electron chi connectivity index (χ1n) is 4.89. The molecule has 0 N–H and O–H groups in total. The SMILES string of the molecule is O=c1oc(-c2occc2F)nc2ccccc12. The van der Waals surface area contributed by atoms with Crippen LogP contribution >= 0.6 is 0 Å². The highest BCUT2D eigenvalue weighted by Crippen LogP contribution is 2.22. The van der Waals surface area contributed by atoms with E-state index in [1.807, 2.05) is 0 Å². The Morgan fingerprint density at radius 3 is 2.76 bits per heavy atom. The molecule has 0 fully saturated rings. The van der Waals surface area contributed by atoms with E-state index < -0.39 is 11.4 Å². The Morgan fingerprint density at radius 1 is 1.18 bits per heavy atom. The molecule has 0 spiro atoms. The van der Waals surface area contributed by atoms with Crippen molar-refractivity contribution in [2.45, 2.75) is 0 Å². The summed E-state index contributed by atoms with van der Waals surface area (Å²) in [4.78, 5) is 15.7. The van der Waals surface area contributed by atoms with E-state index in [0.717, 1.165) is 6.07 Å². The molecule has 17 heavy (non-hydrogen) atoms. The van der Waals surface area contributed by atoms with Gasteiger partial charge >= 0.3 is 5.63 Å². The minimum atomic E-state index is -0.615. The molecule has 0 unspecified atom stereocenters. The van der Waals surface area contributed by atoms with E-state index in [9.17, 15) is 9.18 Å². The molecular weight excluding hydrogens is 225 g/mol. The van der Waals surface area contributed by atoms with Crippen molar-refractivity contribution in [3.05, 3.63) is 52.8 Å². The zero-order valence-electron chi connectivity index (χ0n) is 8.51. The van der Waals surface area contributed by atoms with Gasteiger partial charge in [0.25, 0.3) is 5.89 Å². The summed E-state index contributed by atoms with van der Waals surface area (Å²) in [6.45, 7) is 0. The number of para-hydroxylation sites is 1. The molecule has 0 aliphatic carbocycles. The first-order chi connectivity index (χ1) is 8.25. The van der Waals surface area contributed by atoms with Crippen molar-refractivity contribution in [3.8, 4) is 11.7 Å². The molecular formula is C12H6FNO3. The lowest BCUT2D eigenvalue weighted by Gasteiger charge is -1.98. The highest BCUT2D eigenvalue weighted by Gasteiger charge is 2.15. The molecule has 5 heteroatoms. The third-order valence-corrected chi connectivity index (χ3v) is 2.35. The lowest BCUT2D eigenvalue weighted by molar-refractivity contribution is 0.469. The van der Waals surface area contributed by atoms with Crippen LogP contribution in [0.3, 0.4) is 0 Å². The molecule has 0 saturated heterocycles. The van der Waals surface area contributed by atoms with E-state index in [2.05, 4.69) is 4.98 Å². The predicted octanol–water partition coefficient (Wildman–Crippen LogP) is 2.59. The van der Waals surface area contributed by atoms with Crippen LogP contribution in [0.2, 0.25) is 0 Å². The topological polar surface area (TPSA) is 56.2 Å². The van der Waals surface area contributed by atoms with Gasteiger partial charge in [0.1, 0.15) is 0 Å². The van der Waals surface area contributed by atoms with Crippen molar-refractivity contribution >= 4 is 10.9 Å². The van der Waals surface area contributed by atoms with Crippen LogP contribution < -0.4 is 5.63 Å². The smallest absolute Gasteiger partial charge is 0.347 e. The number of hydrogen-bond donors (Lipinski definition) is 0. The Morgan fingerprint density at radius 2 is 2.00 bits per heavy atom. The van der Waals surface area contributed by atoms with Gasteiger partial charge in [-0.15, -0.1) is 0 Å². The quantitative estimate of drug-likeness (QED) is 0.645. The zero-order chi connectivity index (χ0) is 11.8. The Balaban J connectivity index is 2.33. The summed E-state index contributed by atoms with van der Waals surface area (Å²) in [5.41, 5.74) is -0.129. The summed E-state index contributed by atoms with van der Waals surface area (Å²) in [5.74, 6) is -0.944. The fourth-order valence-corrected chi connectivity index (χ4v) is 1.56. The molecule has 2 aromatic heterocycles. The summed E-state index contributed by atoms with van der Waals surface area (Å²) >= 11 is 0. The van der Waals surface area contributed by atoms with Crippen molar-refractivity contribution in [2.75, 3.05) is 0 Å². The van der Waals surface area contributed by atoms with E-state index in [1.165, 1.54) is 6.26 Å². The fourth-order valence-electron chi connectivity index (χ4n) is 1.56. The second-order valence-electron chi connectivity index (χ2n) is 3.42. The number of rotatable bonds is 1. The maximum atomic E-state index is 13.3. The van der Waals surface area contributed by atoms with Gasteiger partial charge < -0.3 is 8.83 Å². The molecule has 0 bridgehead atoms. The van der Waals surface area contributed by atoms with Crippen LogP contribution in [0.25, 0.3) is 22.6 Å². The van der Waals surface area contributed by atoms with E-state index in [1.54, 1.807) is 24.3 Å². The van der Waals surface area contributed by atoms with Crippen molar-refractivity contribution in [2.24, 2.45) is 0 Å². The lowest BCUT2D eigenvalue weighted by atomic mass is 10.2. The van der Waals surface area contributed by atoms with Gasteiger partial charge in [0, 0.05) is 6.07 Å². The number of halogens is 1. The van der Waals surface area contributed by atoms with Crippen molar-refractivity contribution in [1.82, 2.24) is 4.98 Å². The largest absolute Gasteiger partial charge is 0.456 e. The number of fused-ring (bicyclic) bond motifs is 1. The van der Waals surface area contributed by atoms with E-state index in [-0.39, 0.29) is 11.7 Å². The molecule has 0 radical (unpaired) electrons. The molecule has 1 aromatic carbocycles. The van der Waals surface area contributed by atoms with Crippen molar-refractivity contribution in [1.29, 1.82) is 0 Å². The Kier molecular flexibility index (Phi) is 2.04. The van der Waals surface area contributed by atoms with E-state index in [0.29, 0.717) is 10.9 Å². The average Bonchev–Trinajstić information content (AvgIpc) is 2.75. The number of benzene rings is 1. The van der Waals surface area contributed by atoms with Crippen LogP contribution in [0, 0.1) is 5.82 Å². The molecule has 4 nitrogen and oxygen atoms in total. The minimum absolute atomic E-state index is 0.156. The molecule has 2 heterocycles. The Labute approximate surface area is 94.3 Å². The van der Waals surface area contributed by atoms with Crippen molar-refractivity contribution in [3.63, 3.8) is 0 Å². The maximum Gasteiger partial charge on any atom is 0.347 e. The molecule has 0 atom stereocenters. The van der Waals surface area contributed by atoms with Crippen LogP contribution in [0.5, 0.6) is 0 Å². The molecule has 0 aliphatic heterocycles. The summed E-state index contributed by atoms with van der Waals surface area (Å²) in [6.07, 6.45) is 1.17. The van der Waals surface area contributed by atoms with Crippen LogP contribution in [-0.2, 0) is 0 Å². The Bertz CT molecular complexity index is 745. The van der Waals surface area contributed by atoms with Crippen LogP contribution in [-0.4, -0.2) is 4.98 Å². The van der Waals surface area contributed by atoms with Crippen LogP contribution in [0.1, 0.15) is 0 Å². The van der Waals surface area contributed by atoms with Gasteiger partial charge in [-0.3, -0.25) is 0 Å². The normalized spacial score (nSPS) is 10.9. The summed E-state index contributed by atoms with van der Waals surface area (Å²) in [6, 6.07) is 7.81. The van der Waals surface area contributed by atoms with Crippen molar-refractivity contribution < 1.29 is 13.2 Å². The predicted molar refractivity (Wildman–Crippen MR) is 57.9 cm³/mol. The third kappa shape index (κ3) is 1.52. The number of hydrogen-bond acceptors (Lipinski definition) is 4. The Hall–Kier alpha value is -2.43. The van der Waals surface area contributed by atoms with E-state index >= 15 is 0 Å². The lowest BCUT2D eigenvalue weighted by Crippen LogP contribution is -2.02. The molecule has 84 valence electrons. The second kappa shape index (κ2) is 3.55. The second-order valence-corrected chi connectivity index (χ2v) is 3.42. The number of aromatic nitrogens is 1. The highest BCUT2D eigenvalue weighted by molar-refractivity contribution is 5.77. The third-order valence-electron chi connectivity index (χ3n) is 2.35. The summed E-state index contributed by atoms with van der Waals surface area (Å²) < 4.78 is 23.1. The van der Waals surface area contributed by atoms with E-state index in [4.69, 9.17) is 8.83 Å².